The van der Waals surface area contributed by atoms with E-state index in [-0.39, 0.29) is 0 Å². The fourth-order valence-electron chi connectivity index (χ4n) is 2.64. The predicted molar refractivity (Wildman–Crippen MR) is 89.6 cm³/mol. The van der Waals surface area contributed by atoms with Crippen molar-refractivity contribution in [3.05, 3.63) is 35.4 Å². The lowest BCUT2D eigenvalue weighted by Gasteiger charge is -2.15. The van der Waals surface area contributed by atoms with Crippen LogP contribution in [0.25, 0.3) is 0 Å². The van der Waals surface area contributed by atoms with Gasteiger partial charge in [-0.1, -0.05) is 29.8 Å². The Bertz CT molecular complexity index is 452. The zero-order valence-electron chi connectivity index (χ0n) is 13.5. The molecule has 0 aromatic heterocycles. The number of nitrogens with zero attached hydrogens (tertiary/aromatic N) is 2. The second-order valence-electron chi connectivity index (χ2n) is 5.98. The van der Waals surface area contributed by atoms with Gasteiger partial charge in [-0.25, -0.2) is 4.99 Å². The van der Waals surface area contributed by atoms with E-state index < -0.39 is 0 Å². The molecule has 1 aromatic carbocycles. The largest absolute Gasteiger partial charge is 0.357 e. The van der Waals surface area contributed by atoms with Crippen molar-refractivity contribution in [1.82, 2.24) is 15.5 Å². The summed E-state index contributed by atoms with van der Waals surface area (Å²) in [5, 5.41) is 6.80. The maximum Gasteiger partial charge on any atom is 0.191 e. The first kappa shape index (κ1) is 15.8. The lowest BCUT2D eigenvalue weighted by molar-refractivity contribution is 0.394. The second-order valence-corrected chi connectivity index (χ2v) is 5.98. The third kappa shape index (κ3) is 5.38. The van der Waals surface area contributed by atoms with Crippen LogP contribution in [-0.2, 0) is 6.54 Å². The Morgan fingerprint density at radius 2 is 2.05 bits per heavy atom. The van der Waals surface area contributed by atoms with Crippen LogP contribution in [0.1, 0.15) is 24.5 Å². The first-order valence-corrected chi connectivity index (χ1v) is 7.93. The third-order valence-electron chi connectivity index (χ3n) is 3.93. The van der Waals surface area contributed by atoms with Crippen LogP contribution in [0.2, 0.25) is 0 Å². The summed E-state index contributed by atoms with van der Waals surface area (Å²) in [7, 11) is 2.19. The Morgan fingerprint density at radius 1 is 1.29 bits per heavy atom. The minimum Gasteiger partial charge on any atom is -0.357 e. The summed E-state index contributed by atoms with van der Waals surface area (Å²) >= 11 is 0. The van der Waals surface area contributed by atoms with Gasteiger partial charge < -0.3 is 15.5 Å². The maximum atomic E-state index is 4.67. The molecule has 0 amide bonds. The van der Waals surface area contributed by atoms with Crippen molar-refractivity contribution in [3.8, 4) is 0 Å². The van der Waals surface area contributed by atoms with Gasteiger partial charge in [-0.3, -0.25) is 0 Å². The lowest BCUT2D eigenvalue weighted by Crippen LogP contribution is -2.40. The van der Waals surface area contributed by atoms with E-state index in [0.29, 0.717) is 0 Å². The number of aliphatic imine (C=N–C) groups is 1. The van der Waals surface area contributed by atoms with Gasteiger partial charge in [0.1, 0.15) is 0 Å². The molecule has 0 saturated carbocycles. The summed E-state index contributed by atoms with van der Waals surface area (Å²) in [5.74, 6) is 1.66. The molecule has 1 atom stereocenters. The first-order chi connectivity index (χ1) is 10.2. The molecular weight excluding hydrogens is 260 g/mol. The molecule has 1 saturated heterocycles. The topological polar surface area (TPSA) is 39.7 Å². The van der Waals surface area contributed by atoms with Gasteiger partial charge in [-0.2, -0.15) is 0 Å². The highest BCUT2D eigenvalue weighted by molar-refractivity contribution is 5.79. The van der Waals surface area contributed by atoms with Gasteiger partial charge in [0.15, 0.2) is 5.96 Å². The lowest BCUT2D eigenvalue weighted by atomic mass is 10.1. The number of aryl methyl sites for hydroxylation is 1. The fraction of sp³-hybridized carbons (Fsp3) is 0.588. The molecule has 1 unspecified atom stereocenters. The van der Waals surface area contributed by atoms with E-state index in [2.05, 4.69) is 65.7 Å². The average molecular weight is 288 g/mol. The standard InChI is InChI=1S/C17H28N4/c1-4-18-17(20-12-16-9-10-21(3)13-16)19-11-15-7-5-14(2)6-8-15/h5-8,16H,4,9-13H2,1-3H3,(H2,18,19,20). The SMILES string of the molecule is CCNC(=NCc1ccc(C)cc1)NCC1CCN(C)C1. The number of rotatable bonds is 5. The van der Waals surface area contributed by atoms with Crippen LogP contribution >= 0.6 is 0 Å². The monoisotopic (exact) mass is 288 g/mol. The summed E-state index contributed by atoms with van der Waals surface area (Å²) in [6, 6.07) is 8.57. The zero-order chi connectivity index (χ0) is 15.1. The Kier molecular flexibility index (Phi) is 6.05. The summed E-state index contributed by atoms with van der Waals surface area (Å²) in [5.41, 5.74) is 2.54. The van der Waals surface area contributed by atoms with Gasteiger partial charge in [0, 0.05) is 19.6 Å². The van der Waals surface area contributed by atoms with Crippen molar-refractivity contribution in [1.29, 1.82) is 0 Å². The van der Waals surface area contributed by atoms with Gasteiger partial charge in [0.2, 0.25) is 0 Å². The summed E-state index contributed by atoms with van der Waals surface area (Å²) < 4.78 is 0. The van der Waals surface area contributed by atoms with Crippen molar-refractivity contribution < 1.29 is 0 Å². The van der Waals surface area contributed by atoms with Crippen LogP contribution in [0.5, 0.6) is 0 Å². The second kappa shape index (κ2) is 8.03. The number of hydrogen-bond donors (Lipinski definition) is 2. The minimum atomic E-state index is 0.722. The van der Waals surface area contributed by atoms with Gasteiger partial charge >= 0.3 is 0 Å². The highest BCUT2D eigenvalue weighted by atomic mass is 15.2. The number of hydrogen-bond acceptors (Lipinski definition) is 2. The van der Waals surface area contributed by atoms with Gasteiger partial charge in [0.05, 0.1) is 6.54 Å². The minimum absolute atomic E-state index is 0.722. The Balaban J connectivity index is 1.85. The normalized spacial score (nSPS) is 19.8. The van der Waals surface area contributed by atoms with Crippen LogP contribution in [0, 0.1) is 12.8 Å². The molecule has 0 radical (unpaired) electrons. The van der Waals surface area contributed by atoms with Gasteiger partial charge in [-0.15, -0.1) is 0 Å². The average Bonchev–Trinajstić information content (AvgIpc) is 2.89. The number of guanidine groups is 1. The molecule has 2 N–H and O–H groups in total. The van der Waals surface area contributed by atoms with E-state index in [1.165, 1.54) is 30.6 Å². The number of likely N-dealkylation sites (tertiary alicyclic amines) is 1. The van der Waals surface area contributed by atoms with Crippen molar-refractivity contribution >= 4 is 5.96 Å². The molecule has 21 heavy (non-hydrogen) atoms. The first-order valence-electron chi connectivity index (χ1n) is 7.93. The molecule has 1 fully saturated rings. The van der Waals surface area contributed by atoms with Gasteiger partial charge in [-0.05, 0) is 45.3 Å². The molecule has 4 nitrogen and oxygen atoms in total. The summed E-state index contributed by atoms with van der Waals surface area (Å²) in [4.78, 5) is 7.07. The van der Waals surface area contributed by atoms with E-state index in [9.17, 15) is 0 Å². The smallest absolute Gasteiger partial charge is 0.191 e. The number of nitrogens with one attached hydrogen (secondary N) is 2. The summed E-state index contributed by atoms with van der Waals surface area (Å²) in [6.45, 7) is 9.23. The molecular formula is C17H28N4. The molecule has 0 spiro atoms. The Hall–Kier alpha value is -1.55. The van der Waals surface area contributed by atoms with Crippen LogP contribution < -0.4 is 10.6 Å². The molecule has 0 aliphatic carbocycles. The quantitative estimate of drug-likeness (QED) is 0.643. The van der Waals surface area contributed by atoms with Crippen LogP contribution in [0.4, 0.5) is 0 Å². The molecule has 1 aromatic rings. The molecule has 1 aliphatic rings. The van der Waals surface area contributed by atoms with Crippen molar-refractivity contribution in [2.45, 2.75) is 26.8 Å². The van der Waals surface area contributed by atoms with Crippen LogP contribution in [0.3, 0.4) is 0 Å². The molecule has 1 heterocycles. The Labute approximate surface area is 128 Å². The van der Waals surface area contributed by atoms with Gasteiger partial charge in [0.25, 0.3) is 0 Å². The maximum absolute atomic E-state index is 4.67. The van der Waals surface area contributed by atoms with E-state index in [1.54, 1.807) is 0 Å². The van der Waals surface area contributed by atoms with Crippen molar-refractivity contribution in [2.75, 3.05) is 33.2 Å². The van der Waals surface area contributed by atoms with Crippen molar-refractivity contribution in [3.63, 3.8) is 0 Å². The van der Waals surface area contributed by atoms with E-state index in [4.69, 9.17) is 0 Å². The molecule has 1 aliphatic heterocycles. The van der Waals surface area contributed by atoms with E-state index in [1.807, 2.05) is 0 Å². The van der Waals surface area contributed by atoms with E-state index in [0.717, 1.165) is 31.5 Å². The highest BCUT2D eigenvalue weighted by Gasteiger charge is 2.19. The Morgan fingerprint density at radius 3 is 2.67 bits per heavy atom. The zero-order valence-corrected chi connectivity index (χ0v) is 13.5. The number of benzene rings is 1. The summed E-state index contributed by atoms with van der Waals surface area (Å²) in [6.07, 6.45) is 1.28. The van der Waals surface area contributed by atoms with E-state index >= 15 is 0 Å². The molecule has 4 heteroatoms. The van der Waals surface area contributed by atoms with Crippen LogP contribution in [-0.4, -0.2) is 44.1 Å². The highest BCUT2D eigenvalue weighted by Crippen LogP contribution is 2.12. The molecule has 2 rings (SSSR count). The molecule has 0 bridgehead atoms. The van der Waals surface area contributed by atoms with Crippen molar-refractivity contribution in [2.24, 2.45) is 10.9 Å². The molecule has 116 valence electrons. The predicted octanol–water partition coefficient (Wildman–Crippen LogP) is 2.00. The fourth-order valence-corrected chi connectivity index (χ4v) is 2.64. The van der Waals surface area contributed by atoms with Crippen LogP contribution in [0.15, 0.2) is 29.3 Å². The third-order valence-corrected chi connectivity index (χ3v) is 3.93.